The highest BCUT2D eigenvalue weighted by Crippen LogP contribution is 2.34. The van der Waals surface area contributed by atoms with Crippen LogP contribution in [0.5, 0.6) is 0 Å². The normalized spacial score (nSPS) is 21.2. The number of piperidine rings is 1. The number of H-pyrrole nitrogens is 1. The maximum atomic E-state index is 12.5. The molecule has 2 aromatic rings. The third-order valence-corrected chi connectivity index (χ3v) is 6.14. The number of hydrogen-bond donors (Lipinski definition) is 1. The minimum Gasteiger partial charge on any atom is -0.444 e. The Morgan fingerprint density at radius 2 is 1.90 bits per heavy atom. The number of amides is 1. The molecule has 0 aliphatic carbocycles. The summed E-state index contributed by atoms with van der Waals surface area (Å²) in [5.74, 6) is 0.360. The molecule has 1 atom stereocenters. The fourth-order valence-electron chi connectivity index (χ4n) is 4.62. The summed E-state index contributed by atoms with van der Waals surface area (Å²) in [6.07, 6.45) is 4.53. The van der Waals surface area contributed by atoms with Gasteiger partial charge in [0.15, 0.2) is 0 Å². The van der Waals surface area contributed by atoms with Gasteiger partial charge in [0.1, 0.15) is 11.8 Å². The number of carbonyl (C=O) groups is 1. The van der Waals surface area contributed by atoms with Crippen molar-refractivity contribution in [3.05, 3.63) is 33.6 Å². The predicted molar refractivity (Wildman–Crippen MR) is 116 cm³/mol. The summed E-state index contributed by atoms with van der Waals surface area (Å²) in [4.78, 5) is 26.7. The van der Waals surface area contributed by atoms with Crippen molar-refractivity contribution in [3.63, 3.8) is 0 Å². The minimum absolute atomic E-state index is 0.0615. The second kappa shape index (κ2) is 8.10. The van der Waals surface area contributed by atoms with E-state index in [0.717, 1.165) is 55.2 Å². The first kappa shape index (κ1) is 21.0. The number of nitrogens with one attached hydrogen (secondary N) is 1. The van der Waals surface area contributed by atoms with Gasteiger partial charge in [0.05, 0.1) is 10.9 Å². The third-order valence-electron chi connectivity index (χ3n) is 6.14. The van der Waals surface area contributed by atoms with E-state index in [1.165, 1.54) is 5.56 Å². The van der Waals surface area contributed by atoms with Gasteiger partial charge < -0.3 is 14.4 Å². The van der Waals surface area contributed by atoms with Gasteiger partial charge in [0.2, 0.25) is 0 Å². The lowest BCUT2D eigenvalue weighted by molar-refractivity contribution is -0.0369. The Morgan fingerprint density at radius 1 is 1.17 bits per heavy atom. The molecule has 2 fully saturated rings. The van der Waals surface area contributed by atoms with Gasteiger partial charge in [0.25, 0.3) is 5.56 Å². The zero-order chi connectivity index (χ0) is 21.5. The van der Waals surface area contributed by atoms with Crippen LogP contribution in [0.25, 0.3) is 10.9 Å². The average Bonchev–Trinajstić information content (AvgIpc) is 3.02. The molecule has 0 spiro atoms. The number of carbonyl (C=O) groups excluding carboxylic acids is 1. The number of aromatic nitrogens is 2. The number of ether oxygens (including phenoxy) is 2. The first-order valence-electron chi connectivity index (χ1n) is 11.1. The maximum absolute atomic E-state index is 12.5. The SMILES string of the molecule is Cc1cc2c(=O)[nH]n(C3CCCCO3)c2cc1C1CCN(C(=O)OC(C)(C)C)CC1. The number of aromatic amines is 1. The van der Waals surface area contributed by atoms with Gasteiger partial charge in [-0.2, -0.15) is 0 Å². The van der Waals surface area contributed by atoms with E-state index in [9.17, 15) is 9.59 Å². The molecule has 1 amide bonds. The third kappa shape index (κ3) is 4.26. The van der Waals surface area contributed by atoms with Crippen LogP contribution in [-0.4, -0.2) is 46.1 Å². The van der Waals surface area contributed by atoms with Gasteiger partial charge in [-0.25, -0.2) is 4.79 Å². The second-order valence-electron chi connectivity index (χ2n) is 9.60. The van der Waals surface area contributed by atoms with Crippen LogP contribution in [0.4, 0.5) is 4.79 Å². The van der Waals surface area contributed by atoms with Crippen molar-refractivity contribution in [2.24, 2.45) is 0 Å². The quantitative estimate of drug-likeness (QED) is 0.786. The number of nitrogens with zero attached hydrogens (tertiary/aromatic N) is 2. The maximum Gasteiger partial charge on any atom is 0.410 e. The van der Waals surface area contributed by atoms with E-state index in [2.05, 4.69) is 18.1 Å². The number of likely N-dealkylation sites (tertiary alicyclic amines) is 1. The lowest BCUT2D eigenvalue weighted by Crippen LogP contribution is -2.41. The van der Waals surface area contributed by atoms with Crippen LogP contribution >= 0.6 is 0 Å². The molecule has 1 aromatic carbocycles. The lowest BCUT2D eigenvalue weighted by atomic mass is 9.86. The van der Waals surface area contributed by atoms with E-state index >= 15 is 0 Å². The molecular weight excluding hydrogens is 382 g/mol. The minimum atomic E-state index is -0.477. The average molecular weight is 416 g/mol. The molecule has 1 N–H and O–H groups in total. The van der Waals surface area contributed by atoms with E-state index in [1.807, 2.05) is 31.5 Å². The highest BCUT2D eigenvalue weighted by molar-refractivity contribution is 5.80. The highest BCUT2D eigenvalue weighted by atomic mass is 16.6. The molecular formula is C23H33N3O4. The molecule has 30 heavy (non-hydrogen) atoms. The fourth-order valence-corrected chi connectivity index (χ4v) is 4.62. The van der Waals surface area contributed by atoms with Gasteiger partial charge >= 0.3 is 6.09 Å². The summed E-state index contributed by atoms with van der Waals surface area (Å²) in [5, 5.41) is 3.71. The van der Waals surface area contributed by atoms with Crippen LogP contribution < -0.4 is 5.56 Å². The van der Waals surface area contributed by atoms with Gasteiger partial charge in [-0.15, -0.1) is 0 Å². The van der Waals surface area contributed by atoms with Gasteiger partial charge in [-0.05, 0) is 89.0 Å². The standard InChI is InChI=1S/C23H33N3O4/c1-15-13-18-19(26(24-21(18)27)20-7-5-6-12-29-20)14-17(15)16-8-10-25(11-9-16)22(28)30-23(2,3)4/h13-14,16,20H,5-12H2,1-4H3,(H,24,27). The lowest BCUT2D eigenvalue weighted by Gasteiger charge is -2.34. The molecule has 1 unspecified atom stereocenters. The Kier molecular flexibility index (Phi) is 5.66. The van der Waals surface area contributed by atoms with Crippen molar-refractivity contribution in [3.8, 4) is 0 Å². The molecule has 1 aromatic heterocycles. The Labute approximate surface area is 177 Å². The van der Waals surface area contributed by atoms with Crippen molar-refractivity contribution in [1.29, 1.82) is 0 Å². The first-order valence-corrected chi connectivity index (χ1v) is 11.1. The van der Waals surface area contributed by atoms with E-state index in [4.69, 9.17) is 9.47 Å². The Bertz CT molecular complexity index is 971. The topological polar surface area (TPSA) is 76.6 Å². The van der Waals surface area contributed by atoms with Crippen LogP contribution in [0.3, 0.4) is 0 Å². The van der Waals surface area contributed by atoms with E-state index < -0.39 is 5.60 Å². The number of hydrogen-bond acceptors (Lipinski definition) is 4. The van der Waals surface area contributed by atoms with Crippen molar-refractivity contribution in [2.45, 2.75) is 77.5 Å². The summed E-state index contributed by atoms with van der Waals surface area (Å²) >= 11 is 0. The fraction of sp³-hybridized carbons (Fsp3) is 0.652. The molecule has 164 valence electrons. The van der Waals surface area contributed by atoms with Gasteiger partial charge in [-0.3, -0.25) is 14.6 Å². The van der Waals surface area contributed by atoms with E-state index in [0.29, 0.717) is 19.0 Å². The summed E-state index contributed by atoms with van der Waals surface area (Å²) in [6.45, 7) is 9.84. The number of rotatable bonds is 2. The molecule has 7 nitrogen and oxygen atoms in total. The largest absolute Gasteiger partial charge is 0.444 e. The monoisotopic (exact) mass is 415 g/mol. The molecule has 0 radical (unpaired) electrons. The van der Waals surface area contributed by atoms with Crippen LogP contribution in [-0.2, 0) is 9.47 Å². The Morgan fingerprint density at radius 3 is 2.53 bits per heavy atom. The smallest absolute Gasteiger partial charge is 0.410 e. The van der Waals surface area contributed by atoms with Crippen LogP contribution in [0, 0.1) is 6.92 Å². The number of benzene rings is 1. The molecule has 2 aliphatic rings. The second-order valence-corrected chi connectivity index (χ2v) is 9.60. The number of aryl methyl sites for hydroxylation is 1. The summed E-state index contributed by atoms with van der Waals surface area (Å²) in [5.41, 5.74) is 2.77. The van der Waals surface area contributed by atoms with Crippen LogP contribution in [0.1, 0.15) is 76.1 Å². The molecule has 2 saturated heterocycles. The molecule has 0 saturated carbocycles. The zero-order valence-electron chi connectivity index (χ0n) is 18.5. The van der Waals surface area contributed by atoms with Gasteiger partial charge in [-0.1, -0.05) is 0 Å². The molecule has 3 heterocycles. The van der Waals surface area contributed by atoms with Crippen LogP contribution in [0.2, 0.25) is 0 Å². The van der Waals surface area contributed by atoms with Crippen LogP contribution in [0.15, 0.2) is 16.9 Å². The van der Waals surface area contributed by atoms with Crippen molar-refractivity contribution < 1.29 is 14.3 Å². The zero-order valence-corrected chi connectivity index (χ0v) is 18.5. The Balaban J connectivity index is 1.55. The molecule has 7 heteroatoms. The Hall–Kier alpha value is -2.28. The van der Waals surface area contributed by atoms with Crippen molar-refractivity contribution in [2.75, 3.05) is 19.7 Å². The molecule has 2 aliphatic heterocycles. The summed E-state index contributed by atoms with van der Waals surface area (Å²) in [7, 11) is 0. The highest BCUT2D eigenvalue weighted by Gasteiger charge is 2.29. The van der Waals surface area contributed by atoms with E-state index in [1.54, 1.807) is 4.90 Å². The predicted octanol–water partition coefficient (Wildman–Crippen LogP) is 4.45. The van der Waals surface area contributed by atoms with E-state index in [-0.39, 0.29) is 17.9 Å². The molecule has 0 bridgehead atoms. The summed E-state index contributed by atoms with van der Waals surface area (Å²) in [6, 6.07) is 4.16. The molecule has 4 rings (SSSR count). The summed E-state index contributed by atoms with van der Waals surface area (Å²) < 4.78 is 13.3. The number of fused-ring (bicyclic) bond motifs is 1. The van der Waals surface area contributed by atoms with Gasteiger partial charge in [0, 0.05) is 19.7 Å². The van der Waals surface area contributed by atoms with Crippen molar-refractivity contribution >= 4 is 17.0 Å². The first-order chi connectivity index (χ1) is 14.2. The van der Waals surface area contributed by atoms with Crippen molar-refractivity contribution in [1.82, 2.24) is 14.7 Å².